The molecular formula is C8H8ClN3O2. The second-order valence-corrected chi connectivity index (χ2v) is 3.02. The zero-order chi connectivity index (χ0) is 10.6. The van der Waals surface area contributed by atoms with Gasteiger partial charge in [0.05, 0.1) is 0 Å². The quantitative estimate of drug-likeness (QED) is 0.264. The van der Waals surface area contributed by atoms with Crippen LogP contribution in [0.25, 0.3) is 0 Å². The number of hydrogen-bond donors (Lipinski definition) is 2. The number of rotatable bonds is 3. The van der Waals surface area contributed by atoms with Crippen LogP contribution in [0.4, 0.5) is 0 Å². The van der Waals surface area contributed by atoms with E-state index in [2.05, 4.69) is 10.3 Å². The van der Waals surface area contributed by atoms with E-state index in [0.29, 0.717) is 10.6 Å². The predicted molar refractivity (Wildman–Crippen MR) is 53.4 cm³/mol. The van der Waals surface area contributed by atoms with Gasteiger partial charge in [0, 0.05) is 5.02 Å². The van der Waals surface area contributed by atoms with Crippen molar-refractivity contribution < 1.29 is 5.21 Å². The predicted octanol–water partition coefficient (Wildman–Crippen LogP) is 1.89. The Balaban J connectivity index is 3.01. The molecular weight excluding hydrogens is 206 g/mol. The van der Waals surface area contributed by atoms with Gasteiger partial charge in [0.15, 0.2) is 11.9 Å². The number of nitrogens with zero attached hydrogens (tertiary/aromatic N) is 2. The monoisotopic (exact) mass is 213 g/mol. The molecule has 1 rings (SSSR count). The average molecular weight is 214 g/mol. The maximum Gasteiger partial charge on any atom is 0.177 e. The molecule has 74 valence electrons. The lowest BCUT2D eigenvalue weighted by Crippen LogP contribution is -2.20. The van der Waals surface area contributed by atoms with Gasteiger partial charge in [-0.25, -0.2) is 0 Å². The lowest BCUT2D eigenvalue weighted by Gasteiger charge is -2.06. The highest BCUT2D eigenvalue weighted by atomic mass is 35.5. The Morgan fingerprint density at radius 3 is 2.43 bits per heavy atom. The Labute approximate surface area is 85.1 Å². The average Bonchev–Trinajstić information content (AvgIpc) is 2.21. The summed E-state index contributed by atoms with van der Waals surface area (Å²) >= 11 is 5.65. The molecule has 1 atom stereocenters. The van der Waals surface area contributed by atoms with Gasteiger partial charge in [-0.3, -0.25) is 0 Å². The molecule has 0 radical (unpaired) electrons. The third-order valence-corrected chi connectivity index (χ3v) is 1.94. The van der Waals surface area contributed by atoms with Crippen LogP contribution in [0, 0.1) is 4.91 Å². The zero-order valence-corrected chi connectivity index (χ0v) is 7.85. The molecule has 0 saturated heterocycles. The fourth-order valence-electron chi connectivity index (χ4n) is 0.985. The third kappa shape index (κ3) is 2.20. The highest BCUT2D eigenvalue weighted by molar-refractivity contribution is 6.30. The summed E-state index contributed by atoms with van der Waals surface area (Å²) in [7, 11) is 0. The van der Waals surface area contributed by atoms with Crippen LogP contribution >= 0.6 is 11.6 Å². The molecule has 0 heterocycles. The lowest BCUT2D eigenvalue weighted by atomic mass is 10.1. The minimum Gasteiger partial charge on any atom is -0.409 e. The van der Waals surface area contributed by atoms with Crippen molar-refractivity contribution in [2.45, 2.75) is 6.04 Å². The van der Waals surface area contributed by atoms with E-state index in [9.17, 15) is 4.91 Å². The number of amidine groups is 1. The summed E-state index contributed by atoms with van der Waals surface area (Å²) in [6.45, 7) is 0. The first-order valence-corrected chi connectivity index (χ1v) is 4.12. The van der Waals surface area contributed by atoms with E-state index >= 15 is 0 Å². The van der Waals surface area contributed by atoms with Crippen LogP contribution in [-0.4, -0.2) is 11.0 Å². The molecule has 1 aromatic carbocycles. The molecule has 0 aliphatic rings. The molecule has 3 N–H and O–H groups in total. The minimum absolute atomic E-state index is 0.248. The van der Waals surface area contributed by atoms with Gasteiger partial charge >= 0.3 is 0 Å². The molecule has 0 fully saturated rings. The molecule has 6 heteroatoms. The fraction of sp³-hybridized carbons (Fsp3) is 0.125. The van der Waals surface area contributed by atoms with Gasteiger partial charge in [-0.2, -0.15) is 0 Å². The van der Waals surface area contributed by atoms with Crippen molar-refractivity contribution in [3.05, 3.63) is 39.8 Å². The SMILES string of the molecule is NC(=NO)C(N=O)c1ccc(Cl)cc1. The fourth-order valence-corrected chi connectivity index (χ4v) is 1.11. The van der Waals surface area contributed by atoms with Crippen LogP contribution in [0.15, 0.2) is 34.6 Å². The van der Waals surface area contributed by atoms with Gasteiger partial charge in [0.25, 0.3) is 0 Å². The van der Waals surface area contributed by atoms with Crippen LogP contribution in [0.3, 0.4) is 0 Å². The van der Waals surface area contributed by atoms with Crippen molar-refractivity contribution in [1.82, 2.24) is 0 Å². The molecule has 0 amide bonds. The van der Waals surface area contributed by atoms with Crippen molar-refractivity contribution in [3.8, 4) is 0 Å². The number of halogens is 1. The highest BCUT2D eigenvalue weighted by Gasteiger charge is 2.16. The van der Waals surface area contributed by atoms with Crippen molar-refractivity contribution in [2.75, 3.05) is 0 Å². The summed E-state index contributed by atoms with van der Waals surface area (Å²) in [6, 6.07) is 5.40. The smallest absolute Gasteiger partial charge is 0.177 e. The zero-order valence-electron chi connectivity index (χ0n) is 7.09. The van der Waals surface area contributed by atoms with Crippen LogP contribution in [0.5, 0.6) is 0 Å². The maximum atomic E-state index is 10.4. The number of hydrogen-bond acceptors (Lipinski definition) is 4. The molecule has 5 nitrogen and oxygen atoms in total. The summed E-state index contributed by atoms with van der Waals surface area (Å²) in [5.74, 6) is -0.248. The molecule has 1 aromatic rings. The number of nitrogens with two attached hydrogens (primary N) is 1. The van der Waals surface area contributed by atoms with Crippen molar-refractivity contribution in [1.29, 1.82) is 0 Å². The van der Waals surface area contributed by atoms with E-state index < -0.39 is 6.04 Å². The Bertz CT molecular complexity index is 350. The molecule has 0 bridgehead atoms. The van der Waals surface area contributed by atoms with E-state index in [1.54, 1.807) is 24.3 Å². The molecule has 0 aromatic heterocycles. The van der Waals surface area contributed by atoms with Crippen LogP contribution < -0.4 is 5.73 Å². The van der Waals surface area contributed by atoms with Gasteiger partial charge < -0.3 is 10.9 Å². The van der Waals surface area contributed by atoms with Gasteiger partial charge in [-0.15, -0.1) is 4.91 Å². The van der Waals surface area contributed by atoms with E-state index in [0.717, 1.165) is 0 Å². The normalized spacial score (nSPS) is 13.6. The third-order valence-electron chi connectivity index (χ3n) is 1.69. The standard InChI is InChI=1S/C8H8ClN3O2/c9-6-3-1-5(2-4-6)7(11-13)8(10)12-14/h1-4,7,14H,(H2,10,12). The van der Waals surface area contributed by atoms with Gasteiger partial charge in [0.2, 0.25) is 0 Å². The van der Waals surface area contributed by atoms with Crippen LogP contribution in [0.2, 0.25) is 5.02 Å². The largest absolute Gasteiger partial charge is 0.409 e. The molecule has 0 spiro atoms. The van der Waals surface area contributed by atoms with E-state index in [1.807, 2.05) is 0 Å². The van der Waals surface area contributed by atoms with Crippen molar-refractivity contribution >= 4 is 17.4 Å². The van der Waals surface area contributed by atoms with Crippen LogP contribution in [-0.2, 0) is 0 Å². The number of benzene rings is 1. The number of nitroso groups, excluding NO2 is 1. The first-order chi connectivity index (χ1) is 6.69. The van der Waals surface area contributed by atoms with Crippen molar-refractivity contribution in [3.63, 3.8) is 0 Å². The van der Waals surface area contributed by atoms with Crippen LogP contribution in [0.1, 0.15) is 11.6 Å². The van der Waals surface area contributed by atoms with Crippen molar-refractivity contribution in [2.24, 2.45) is 16.1 Å². The topological polar surface area (TPSA) is 88.0 Å². The second kappa shape index (κ2) is 4.57. The summed E-state index contributed by atoms with van der Waals surface area (Å²) < 4.78 is 0. The molecule has 1 unspecified atom stereocenters. The molecule has 0 aliphatic heterocycles. The Hall–Kier alpha value is -1.62. The maximum absolute atomic E-state index is 10.4. The molecule has 0 saturated carbocycles. The lowest BCUT2D eigenvalue weighted by molar-refractivity contribution is 0.316. The summed E-state index contributed by atoms with van der Waals surface area (Å²) in [4.78, 5) is 10.4. The van der Waals surface area contributed by atoms with E-state index in [4.69, 9.17) is 22.5 Å². The Kier molecular flexibility index (Phi) is 3.41. The summed E-state index contributed by atoms with van der Waals surface area (Å²) in [6.07, 6.45) is 0. The van der Waals surface area contributed by atoms with E-state index in [-0.39, 0.29) is 5.84 Å². The van der Waals surface area contributed by atoms with Gasteiger partial charge in [0.1, 0.15) is 0 Å². The first-order valence-electron chi connectivity index (χ1n) is 3.74. The first kappa shape index (κ1) is 10.5. The van der Waals surface area contributed by atoms with Gasteiger partial charge in [-0.1, -0.05) is 34.1 Å². The Morgan fingerprint density at radius 1 is 1.43 bits per heavy atom. The second-order valence-electron chi connectivity index (χ2n) is 2.58. The Morgan fingerprint density at radius 2 is 2.00 bits per heavy atom. The number of oxime groups is 1. The summed E-state index contributed by atoms with van der Waals surface area (Å²) in [5, 5.41) is 14.4. The highest BCUT2D eigenvalue weighted by Crippen LogP contribution is 2.19. The van der Waals surface area contributed by atoms with E-state index in [1.165, 1.54) is 0 Å². The van der Waals surface area contributed by atoms with Gasteiger partial charge in [-0.05, 0) is 17.7 Å². The summed E-state index contributed by atoms with van der Waals surface area (Å²) in [5.41, 5.74) is 5.80. The molecule has 14 heavy (non-hydrogen) atoms. The minimum atomic E-state index is -0.975. The molecule has 0 aliphatic carbocycles.